The Morgan fingerprint density at radius 2 is 1.69 bits per heavy atom. The number of benzene rings is 2. The maximum absolute atomic E-state index is 9.10. The molecule has 0 saturated heterocycles. The third kappa shape index (κ3) is 5.30. The van der Waals surface area contributed by atoms with Gasteiger partial charge in [0.2, 0.25) is 0 Å². The fourth-order valence-corrected chi connectivity index (χ4v) is 3.13. The van der Waals surface area contributed by atoms with Crippen LogP contribution in [0, 0.1) is 0 Å². The predicted octanol–water partition coefficient (Wildman–Crippen LogP) is 3.53. The van der Waals surface area contributed by atoms with Crippen molar-refractivity contribution in [3.8, 4) is 5.75 Å². The summed E-state index contributed by atoms with van der Waals surface area (Å²) < 4.78 is 6.24. The third-order valence-corrected chi connectivity index (χ3v) is 4.46. The topological polar surface area (TPSA) is 110 Å². The molecule has 1 atom stereocenters. The Morgan fingerprint density at radius 1 is 1.00 bits per heavy atom. The highest BCUT2D eigenvalue weighted by atomic mass is 32.1. The molecule has 0 fully saturated rings. The lowest BCUT2D eigenvalue weighted by Crippen LogP contribution is -2.12. The maximum Gasteiger partial charge on any atom is 0.414 e. The van der Waals surface area contributed by atoms with Gasteiger partial charge in [0, 0.05) is 16.7 Å². The van der Waals surface area contributed by atoms with E-state index in [0.717, 1.165) is 17.6 Å². The van der Waals surface area contributed by atoms with Crippen LogP contribution in [-0.2, 0) is 9.59 Å². The molecular weight excluding hydrogens is 354 g/mol. The van der Waals surface area contributed by atoms with Crippen LogP contribution in [0.5, 0.6) is 5.75 Å². The van der Waals surface area contributed by atoms with Gasteiger partial charge in [-0.05, 0) is 29.4 Å². The fourth-order valence-electron chi connectivity index (χ4n) is 2.34. The molecule has 1 unspecified atom stereocenters. The molecular formula is C19H19NO5S. The SMILES string of the molecule is NCCC(Oc1cccc2ccccc12)c1cccs1.O=C(O)C(=O)O. The highest BCUT2D eigenvalue weighted by Gasteiger charge is 2.15. The highest BCUT2D eigenvalue weighted by Crippen LogP contribution is 2.32. The molecule has 0 radical (unpaired) electrons. The van der Waals surface area contributed by atoms with E-state index in [4.69, 9.17) is 30.3 Å². The monoisotopic (exact) mass is 373 g/mol. The van der Waals surface area contributed by atoms with Gasteiger partial charge in [0.15, 0.2) is 0 Å². The summed E-state index contributed by atoms with van der Waals surface area (Å²) in [4.78, 5) is 19.4. The molecule has 26 heavy (non-hydrogen) atoms. The standard InChI is InChI=1S/C17H17NOS.C2H2O4/c18-11-10-16(17-9-4-12-20-17)19-15-8-3-6-13-5-1-2-7-14(13)15;3-1(4)2(5)6/h1-9,12,16H,10-11,18H2;(H,3,4)(H,5,6). The van der Waals surface area contributed by atoms with E-state index < -0.39 is 11.9 Å². The first-order valence-electron chi connectivity index (χ1n) is 7.87. The van der Waals surface area contributed by atoms with Crippen LogP contribution in [0.25, 0.3) is 10.8 Å². The number of hydrogen-bond acceptors (Lipinski definition) is 5. The molecule has 0 bridgehead atoms. The average Bonchev–Trinajstić information content (AvgIpc) is 3.16. The van der Waals surface area contributed by atoms with Crippen molar-refractivity contribution in [3.63, 3.8) is 0 Å². The van der Waals surface area contributed by atoms with E-state index in [1.165, 1.54) is 10.3 Å². The molecule has 0 spiro atoms. The summed E-state index contributed by atoms with van der Waals surface area (Å²) in [6, 6.07) is 18.6. The highest BCUT2D eigenvalue weighted by molar-refractivity contribution is 7.10. The Labute approximate surface area is 154 Å². The number of carboxylic acids is 2. The Kier molecular flexibility index (Phi) is 7.13. The zero-order valence-electron chi connectivity index (χ0n) is 13.9. The van der Waals surface area contributed by atoms with Gasteiger partial charge >= 0.3 is 11.9 Å². The van der Waals surface area contributed by atoms with E-state index in [0.29, 0.717) is 6.54 Å². The number of thiophene rings is 1. The molecule has 0 saturated carbocycles. The molecule has 3 rings (SSSR count). The molecule has 136 valence electrons. The normalized spacial score (nSPS) is 11.3. The molecule has 7 heteroatoms. The zero-order chi connectivity index (χ0) is 18.9. The van der Waals surface area contributed by atoms with E-state index >= 15 is 0 Å². The van der Waals surface area contributed by atoms with Crippen LogP contribution in [0.15, 0.2) is 60.0 Å². The first-order chi connectivity index (χ1) is 12.5. The predicted molar refractivity (Wildman–Crippen MR) is 101 cm³/mol. The minimum atomic E-state index is -1.82. The lowest BCUT2D eigenvalue weighted by Gasteiger charge is -2.18. The lowest BCUT2D eigenvalue weighted by molar-refractivity contribution is -0.159. The molecule has 3 aromatic rings. The molecule has 1 heterocycles. The van der Waals surface area contributed by atoms with Crippen molar-refractivity contribution in [2.45, 2.75) is 12.5 Å². The molecule has 1 aromatic heterocycles. The lowest BCUT2D eigenvalue weighted by atomic mass is 10.1. The number of carbonyl (C=O) groups is 2. The summed E-state index contributed by atoms with van der Waals surface area (Å²) in [6.45, 7) is 0.618. The van der Waals surface area contributed by atoms with Crippen LogP contribution in [-0.4, -0.2) is 28.7 Å². The van der Waals surface area contributed by atoms with Gasteiger partial charge in [-0.25, -0.2) is 9.59 Å². The second kappa shape index (κ2) is 9.55. The fraction of sp³-hybridized carbons (Fsp3) is 0.158. The average molecular weight is 373 g/mol. The van der Waals surface area contributed by atoms with Gasteiger partial charge in [-0.1, -0.05) is 42.5 Å². The molecule has 0 aliphatic heterocycles. The van der Waals surface area contributed by atoms with Crippen LogP contribution in [0.3, 0.4) is 0 Å². The van der Waals surface area contributed by atoms with Crippen LogP contribution in [0.4, 0.5) is 0 Å². The summed E-state index contributed by atoms with van der Waals surface area (Å²) >= 11 is 1.72. The summed E-state index contributed by atoms with van der Waals surface area (Å²) in [5, 5.41) is 19.2. The number of ether oxygens (including phenoxy) is 1. The van der Waals surface area contributed by atoms with E-state index in [1.54, 1.807) is 11.3 Å². The van der Waals surface area contributed by atoms with Gasteiger partial charge in [0.05, 0.1) is 0 Å². The molecule has 0 amide bonds. The van der Waals surface area contributed by atoms with Gasteiger partial charge in [-0.15, -0.1) is 11.3 Å². The number of rotatable bonds is 5. The first kappa shape index (κ1) is 19.4. The second-order valence-corrected chi connectivity index (χ2v) is 6.27. The summed E-state index contributed by atoms with van der Waals surface area (Å²) in [5.41, 5.74) is 5.73. The summed E-state index contributed by atoms with van der Waals surface area (Å²) in [7, 11) is 0. The van der Waals surface area contributed by atoms with Gasteiger partial charge in [-0.3, -0.25) is 0 Å². The molecule has 0 aliphatic carbocycles. The maximum atomic E-state index is 9.10. The van der Waals surface area contributed by atoms with E-state index in [2.05, 4.69) is 35.7 Å². The van der Waals surface area contributed by atoms with Gasteiger partial charge in [0.25, 0.3) is 0 Å². The minimum absolute atomic E-state index is 0.0332. The van der Waals surface area contributed by atoms with Crippen LogP contribution < -0.4 is 10.5 Å². The molecule has 0 aliphatic rings. The van der Waals surface area contributed by atoms with Gasteiger partial charge < -0.3 is 20.7 Å². The van der Waals surface area contributed by atoms with Crippen molar-refractivity contribution in [2.75, 3.05) is 6.54 Å². The molecule has 6 nitrogen and oxygen atoms in total. The Balaban J connectivity index is 0.000000352. The van der Waals surface area contributed by atoms with Crippen molar-refractivity contribution in [1.29, 1.82) is 0 Å². The van der Waals surface area contributed by atoms with E-state index in [9.17, 15) is 0 Å². The van der Waals surface area contributed by atoms with Crippen molar-refractivity contribution < 1.29 is 24.5 Å². The first-order valence-corrected chi connectivity index (χ1v) is 8.75. The Hall–Kier alpha value is -2.90. The van der Waals surface area contributed by atoms with Crippen LogP contribution in [0.1, 0.15) is 17.4 Å². The minimum Gasteiger partial charge on any atom is -0.484 e. The zero-order valence-corrected chi connectivity index (χ0v) is 14.7. The van der Waals surface area contributed by atoms with Crippen molar-refractivity contribution in [3.05, 3.63) is 64.9 Å². The summed E-state index contributed by atoms with van der Waals surface area (Å²) in [6.07, 6.45) is 0.856. The Morgan fingerprint density at radius 3 is 2.31 bits per heavy atom. The number of aliphatic carboxylic acids is 2. The molecule has 2 aromatic carbocycles. The number of carboxylic acid groups (broad SMARTS) is 2. The van der Waals surface area contributed by atoms with Crippen molar-refractivity contribution in [2.24, 2.45) is 5.73 Å². The smallest absolute Gasteiger partial charge is 0.414 e. The molecule has 4 N–H and O–H groups in total. The van der Waals surface area contributed by atoms with E-state index in [-0.39, 0.29) is 6.10 Å². The largest absolute Gasteiger partial charge is 0.484 e. The summed E-state index contributed by atoms with van der Waals surface area (Å²) in [5.74, 6) is -2.72. The van der Waals surface area contributed by atoms with E-state index in [1.807, 2.05) is 24.3 Å². The Bertz CT molecular complexity index is 846. The number of nitrogens with two attached hydrogens (primary N) is 1. The van der Waals surface area contributed by atoms with Crippen LogP contribution >= 0.6 is 11.3 Å². The van der Waals surface area contributed by atoms with Gasteiger partial charge in [-0.2, -0.15) is 0 Å². The van der Waals surface area contributed by atoms with Crippen molar-refractivity contribution >= 4 is 34.0 Å². The number of fused-ring (bicyclic) bond motifs is 1. The van der Waals surface area contributed by atoms with Crippen LogP contribution in [0.2, 0.25) is 0 Å². The second-order valence-electron chi connectivity index (χ2n) is 5.29. The quantitative estimate of drug-likeness (QED) is 0.590. The van der Waals surface area contributed by atoms with Crippen molar-refractivity contribution in [1.82, 2.24) is 0 Å². The number of hydrogen-bond donors (Lipinski definition) is 3. The van der Waals surface area contributed by atoms with Gasteiger partial charge in [0.1, 0.15) is 11.9 Å². The third-order valence-electron chi connectivity index (χ3n) is 3.49.